The third-order valence-corrected chi connectivity index (χ3v) is 1.22. The van der Waals surface area contributed by atoms with Gasteiger partial charge in [0.15, 0.2) is 0 Å². The van der Waals surface area contributed by atoms with Gasteiger partial charge in [0, 0.05) is 22.7 Å². The topological polar surface area (TPSA) is 149 Å². The summed E-state index contributed by atoms with van der Waals surface area (Å²) in [5, 5.41) is 13.4. The first-order valence-electron chi connectivity index (χ1n) is 3.69. The van der Waals surface area contributed by atoms with E-state index >= 15 is 0 Å². The Bertz CT molecular complexity index is 402. The van der Waals surface area contributed by atoms with E-state index in [1.807, 2.05) is 0 Å². The summed E-state index contributed by atoms with van der Waals surface area (Å²) >= 11 is 0. The first-order chi connectivity index (χ1) is 7.47. The van der Waals surface area contributed by atoms with Crippen LogP contribution in [0.15, 0.2) is 29.4 Å². The molecule has 10 heteroatoms. The Morgan fingerprint density at radius 2 is 1.81 bits per heavy atom. The molecule has 0 radical (unpaired) electrons. The van der Waals surface area contributed by atoms with Gasteiger partial charge in [0.1, 0.15) is 0 Å². The van der Waals surface area contributed by atoms with Crippen molar-refractivity contribution >= 4 is 19.6 Å². The third kappa shape index (κ3) is 6.52. The van der Waals surface area contributed by atoms with Crippen LogP contribution in [0.3, 0.4) is 0 Å². The summed E-state index contributed by atoms with van der Waals surface area (Å²) in [5.74, 6) is 0. The Morgan fingerprint density at radius 3 is 2.12 bits per heavy atom. The first kappa shape index (κ1) is 14.1. The van der Waals surface area contributed by atoms with Crippen LogP contribution in [0.2, 0.25) is 0 Å². The Labute approximate surface area is 89.7 Å². The lowest BCUT2D eigenvalue weighted by Gasteiger charge is -1.90. The highest BCUT2D eigenvalue weighted by Gasteiger charge is 2.01. The van der Waals surface area contributed by atoms with Gasteiger partial charge in [0.2, 0.25) is 0 Å². The van der Waals surface area contributed by atoms with E-state index in [9.17, 15) is 10.1 Å². The zero-order valence-electron chi connectivity index (χ0n) is 7.72. The van der Waals surface area contributed by atoms with Gasteiger partial charge < -0.3 is 9.79 Å². The minimum atomic E-state index is -3.13. The Kier molecular flexibility index (Phi) is 6.50. The predicted molar refractivity (Wildman–Crippen MR) is 55.3 cm³/mol. The maximum atomic E-state index is 10.2. The highest BCUT2D eigenvalue weighted by Crippen LogP contribution is 2.17. The van der Waals surface area contributed by atoms with Gasteiger partial charge >= 0.3 is 8.25 Å². The highest BCUT2D eigenvalue weighted by molar-refractivity contribution is 7.30. The second kappa shape index (κ2) is 7.38. The minimum absolute atomic E-state index is 0.0214. The van der Waals surface area contributed by atoms with Crippen molar-refractivity contribution in [2.24, 2.45) is 5.11 Å². The summed E-state index contributed by atoms with van der Waals surface area (Å²) in [6.07, 6.45) is 0. The average molecular weight is 246 g/mol. The molecule has 0 saturated carbocycles. The van der Waals surface area contributed by atoms with Gasteiger partial charge in [-0.05, 0) is 17.7 Å². The van der Waals surface area contributed by atoms with E-state index in [4.69, 9.17) is 19.9 Å². The van der Waals surface area contributed by atoms with Crippen LogP contribution < -0.4 is 0 Å². The standard InChI is InChI=1S/C6H4N4O2.H3O3P/c7-9-8-5-1-3-6(4-2-5)10(11)12;1-4(2)3/h1-4H;4H,(H2,1,2,3). The molecular weight excluding hydrogens is 239 g/mol. The lowest BCUT2D eigenvalue weighted by molar-refractivity contribution is -0.384. The summed E-state index contributed by atoms with van der Waals surface area (Å²) in [6, 6.07) is 5.34. The summed E-state index contributed by atoms with van der Waals surface area (Å²) < 4.78 is 8.74. The number of benzene rings is 1. The fourth-order valence-corrected chi connectivity index (χ4v) is 0.693. The fraction of sp³-hybridized carbons (Fsp3) is 0. The molecule has 0 aliphatic carbocycles. The van der Waals surface area contributed by atoms with E-state index in [0.717, 1.165) is 0 Å². The minimum Gasteiger partial charge on any atom is -0.326 e. The average Bonchev–Trinajstić information content (AvgIpc) is 2.18. The van der Waals surface area contributed by atoms with E-state index in [2.05, 4.69) is 10.0 Å². The lowest BCUT2D eigenvalue weighted by Crippen LogP contribution is -1.85. The molecule has 86 valence electrons. The molecule has 0 atom stereocenters. The van der Waals surface area contributed by atoms with Crippen LogP contribution in [0.4, 0.5) is 11.4 Å². The van der Waals surface area contributed by atoms with Gasteiger partial charge in [-0.2, -0.15) is 0 Å². The number of nitro groups is 1. The molecule has 9 nitrogen and oxygen atoms in total. The molecule has 16 heavy (non-hydrogen) atoms. The van der Waals surface area contributed by atoms with Crippen molar-refractivity contribution in [1.82, 2.24) is 0 Å². The molecule has 0 amide bonds. The lowest BCUT2D eigenvalue weighted by atomic mass is 10.3. The largest absolute Gasteiger partial charge is 0.326 e. The molecule has 0 aliphatic rings. The van der Waals surface area contributed by atoms with Crippen molar-refractivity contribution in [3.05, 3.63) is 44.8 Å². The van der Waals surface area contributed by atoms with Crippen LogP contribution in [0.25, 0.3) is 10.4 Å². The molecular formula is C6H7N4O5P. The van der Waals surface area contributed by atoms with Crippen molar-refractivity contribution < 1.29 is 19.3 Å². The molecule has 0 saturated heterocycles. The zero-order chi connectivity index (χ0) is 12.6. The first-order valence-corrected chi connectivity index (χ1v) is 4.99. The fourth-order valence-electron chi connectivity index (χ4n) is 0.693. The van der Waals surface area contributed by atoms with E-state index < -0.39 is 13.2 Å². The Hall–Kier alpha value is -1.92. The van der Waals surface area contributed by atoms with Crippen LogP contribution >= 0.6 is 8.25 Å². The van der Waals surface area contributed by atoms with Crippen LogP contribution in [-0.2, 0) is 4.57 Å². The number of azide groups is 1. The van der Waals surface area contributed by atoms with Crippen molar-refractivity contribution in [2.45, 2.75) is 0 Å². The number of nitrogens with zero attached hydrogens (tertiary/aromatic N) is 4. The molecule has 1 rings (SSSR count). The second-order valence-corrected chi connectivity index (χ2v) is 2.81. The number of non-ortho nitro benzene ring substituents is 1. The van der Waals surface area contributed by atoms with Crippen LogP contribution in [0, 0.1) is 10.1 Å². The van der Waals surface area contributed by atoms with Gasteiger partial charge in [0.05, 0.1) is 4.92 Å². The van der Waals surface area contributed by atoms with Crippen LogP contribution in [-0.4, -0.2) is 14.7 Å². The summed E-state index contributed by atoms with van der Waals surface area (Å²) in [6.45, 7) is 0. The zero-order valence-corrected chi connectivity index (χ0v) is 8.72. The summed E-state index contributed by atoms with van der Waals surface area (Å²) in [5.41, 5.74) is 8.37. The smallest absolute Gasteiger partial charge is 0.314 e. The molecule has 1 aromatic carbocycles. The number of nitro benzene ring substituents is 1. The number of rotatable bonds is 2. The van der Waals surface area contributed by atoms with Gasteiger partial charge in [-0.25, -0.2) is 0 Å². The summed E-state index contributed by atoms with van der Waals surface area (Å²) in [4.78, 5) is 26.5. The van der Waals surface area contributed by atoms with E-state index in [1.54, 1.807) is 0 Å². The molecule has 0 spiro atoms. The van der Waals surface area contributed by atoms with Crippen LogP contribution in [0.5, 0.6) is 0 Å². The van der Waals surface area contributed by atoms with E-state index in [-0.39, 0.29) is 5.69 Å². The maximum Gasteiger partial charge on any atom is 0.314 e. The maximum absolute atomic E-state index is 10.2. The number of hydrogen-bond acceptors (Lipinski definition) is 4. The molecule has 0 unspecified atom stereocenters. The highest BCUT2D eigenvalue weighted by atomic mass is 31.1. The SMILES string of the molecule is O=[PH](O)O.[N-]=[N+]=Nc1ccc([N+](=O)[O-])cc1. The van der Waals surface area contributed by atoms with Crippen LogP contribution in [0.1, 0.15) is 0 Å². The molecule has 2 N–H and O–H groups in total. The van der Waals surface area contributed by atoms with Gasteiger partial charge in [-0.1, -0.05) is 5.11 Å². The van der Waals surface area contributed by atoms with E-state index in [1.165, 1.54) is 24.3 Å². The van der Waals surface area contributed by atoms with Crippen molar-refractivity contribution in [2.75, 3.05) is 0 Å². The van der Waals surface area contributed by atoms with Crippen molar-refractivity contribution in [3.8, 4) is 0 Å². The molecule has 1 aromatic rings. The number of hydrogen-bond donors (Lipinski definition) is 2. The van der Waals surface area contributed by atoms with Gasteiger partial charge in [0.25, 0.3) is 5.69 Å². The van der Waals surface area contributed by atoms with Crippen molar-refractivity contribution in [1.29, 1.82) is 0 Å². The predicted octanol–water partition coefficient (Wildman–Crippen LogP) is 1.90. The quantitative estimate of drug-likeness (QED) is 0.204. The summed E-state index contributed by atoms with van der Waals surface area (Å²) in [7, 11) is -3.13. The second-order valence-electron chi connectivity index (χ2n) is 2.25. The van der Waals surface area contributed by atoms with Gasteiger partial charge in [-0.3, -0.25) is 14.7 Å². The Morgan fingerprint density at radius 1 is 1.38 bits per heavy atom. The Balaban J connectivity index is 0.000000487. The molecule has 0 fully saturated rings. The monoisotopic (exact) mass is 246 g/mol. The van der Waals surface area contributed by atoms with Gasteiger partial charge in [-0.15, -0.1) is 0 Å². The molecule has 0 aliphatic heterocycles. The normalized spacial score (nSPS) is 8.69. The molecule has 0 aromatic heterocycles. The molecule has 0 bridgehead atoms. The van der Waals surface area contributed by atoms with Crippen molar-refractivity contribution in [3.63, 3.8) is 0 Å². The van der Waals surface area contributed by atoms with E-state index in [0.29, 0.717) is 5.69 Å². The molecule has 0 heterocycles. The third-order valence-electron chi connectivity index (χ3n) is 1.22.